The lowest BCUT2D eigenvalue weighted by atomic mass is 10.0. The third-order valence-corrected chi connectivity index (χ3v) is 5.08. The van der Waals surface area contributed by atoms with Gasteiger partial charge in [-0.05, 0) is 31.9 Å². The van der Waals surface area contributed by atoms with Crippen molar-refractivity contribution in [1.82, 2.24) is 4.90 Å². The van der Waals surface area contributed by atoms with Crippen LogP contribution in [0.15, 0.2) is 65.7 Å². The van der Waals surface area contributed by atoms with Gasteiger partial charge in [-0.25, -0.2) is 4.99 Å². The van der Waals surface area contributed by atoms with Crippen LogP contribution in [0, 0.1) is 0 Å². The van der Waals surface area contributed by atoms with Gasteiger partial charge in [-0.2, -0.15) is 0 Å². The van der Waals surface area contributed by atoms with Crippen molar-refractivity contribution < 1.29 is 4.74 Å². The minimum atomic E-state index is -0.162. The number of rotatable bonds is 4. The number of nitrogens with zero attached hydrogens (tertiary/aromatic N) is 2. The Balaban J connectivity index is 1.68. The summed E-state index contributed by atoms with van der Waals surface area (Å²) in [6, 6.07) is 21.6. The van der Waals surface area contributed by atoms with E-state index in [-0.39, 0.29) is 11.1 Å². The lowest BCUT2D eigenvalue weighted by molar-refractivity contribution is 0.263. The Hall–Kier alpha value is -2.13. The van der Waals surface area contributed by atoms with Crippen LogP contribution in [0.4, 0.5) is 0 Å². The van der Waals surface area contributed by atoms with E-state index in [9.17, 15) is 0 Å². The van der Waals surface area contributed by atoms with Crippen LogP contribution in [0.5, 0.6) is 0 Å². The first-order valence-corrected chi connectivity index (χ1v) is 8.59. The SMILES string of the molecule is CC1(C)COC([C@@]2(C)[C@H](c3ccccc3)N2Cc2ccccc2)=N1. The normalized spacial score (nSPS) is 30.5. The van der Waals surface area contributed by atoms with Crippen LogP contribution in [-0.4, -0.2) is 28.5 Å². The van der Waals surface area contributed by atoms with E-state index >= 15 is 0 Å². The van der Waals surface area contributed by atoms with Gasteiger partial charge < -0.3 is 4.74 Å². The van der Waals surface area contributed by atoms with Crippen LogP contribution >= 0.6 is 0 Å². The topological polar surface area (TPSA) is 24.6 Å². The summed E-state index contributed by atoms with van der Waals surface area (Å²) in [5.41, 5.74) is 2.36. The maximum atomic E-state index is 6.02. The van der Waals surface area contributed by atoms with Gasteiger partial charge in [-0.3, -0.25) is 4.90 Å². The predicted octanol–water partition coefficient (Wildman–Crippen LogP) is 4.21. The fraction of sp³-hybridized carbons (Fsp3) is 0.381. The number of ether oxygens (including phenoxy) is 1. The number of aliphatic imine (C=N–C) groups is 1. The predicted molar refractivity (Wildman–Crippen MR) is 97.0 cm³/mol. The molecule has 0 N–H and O–H groups in total. The van der Waals surface area contributed by atoms with Gasteiger partial charge in [0.1, 0.15) is 12.1 Å². The fourth-order valence-electron chi connectivity index (χ4n) is 3.71. The van der Waals surface area contributed by atoms with Crippen molar-refractivity contribution in [2.75, 3.05) is 6.61 Å². The highest BCUT2D eigenvalue weighted by Crippen LogP contribution is 2.56. The Bertz CT molecular complexity index is 754. The van der Waals surface area contributed by atoms with Gasteiger partial charge >= 0.3 is 0 Å². The Morgan fingerprint density at radius 3 is 2.21 bits per heavy atom. The number of benzene rings is 2. The Morgan fingerprint density at radius 2 is 1.62 bits per heavy atom. The van der Waals surface area contributed by atoms with Crippen molar-refractivity contribution in [2.24, 2.45) is 4.99 Å². The summed E-state index contributed by atoms with van der Waals surface area (Å²) in [7, 11) is 0. The van der Waals surface area contributed by atoms with E-state index in [1.807, 2.05) is 0 Å². The van der Waals surface area contributed by atoms with Crippen LogP contribution in [0.1, 0.15) is 37.9 Å². The first-order chi connectivity index (χ1) is 11.5. The first kappa shape index (κ1) is 15.4. The molecule has 3 atom stereocenters. The van der Waals surface area contributed by atoms with Crippen LogP contribution in [0.2, 0.25) is 0 Å². The van der Waals surface area contributed by atoms with Crippen molar-refractivity contribution in [3.8, 4) is 0 Å². The van der Waals surface area contributed by atoms with Crippen molar-refractivity contribution in [1.29, 1.82) is 0 Å². The van der Waals surface area contributed by atoms with Gasteiger partial charge in [0.15, 0.2) is 0 Å². The molecule has 1 fully saturated rings. The third-order valence-electron chi connectivity index (χ3n) is 5.08. The maximum absolute atomic E-state index is 6.02. The molecule has 0 amide bonds. The van der Waals surface area contributed by atoms with Gasteiger partial charge in [0.25, 0.3) is 0 Å². The molecular weight excluding hydrogens is 296 g/mol. The van der Waals surface area contributed by atoms with Crippen molar-refractivity contribution in [3.05, 3.63) is 71.8 Å². The molecule has 3 heteroatoms. The zero-order valence-corrected chi connectivity index (χ0v) is 14.6. The zero-order valence-electron chi connectivity index (χ0n) is 14.6. The maximum Gasteiger partial charge on any atom is 0.206 e. The minimum Gasteiger partial charge on any atom is -0.477 e. The van der Waals surface area contributed by atoms with E-state index in [0.717, 1.165) is 12.4 Å². The Morgan fingerprint density at radius 1 is 1.00 bits per heavy atom. The fourth-order valence-corrected chi connectivity index (χ4v) is 3.71. The summed E-state index contributed by atoms with van der Waals surface area (Å²) in [6.07, 6.45) is 0. The van der Waals surface area contributed by atoms with Crippen molar-refractivity contribution >= 4 is 5.90 Å². The molecule has 0 aliphatic carbocycles. The van der Waals surface area contributed by atoms with Crippen LogP contribution in [0.3, 0.4) is 0 Å². The van der Waals surface area contributed by atoms with E-state index < -0.39 is 0 Å². The first-order valence-electron chi connectivity index (χ1n) is 8.59. The lowest BCUT2D eigenvalue weighted by Crippen LogP contribution is -2.26. The smallest absolute Gasteiger partial charge is 0.206 e. The van der Waals surface area contributed by atoms with Gasteiger partial charge in [-0.1, -0.05) is 60.7 Å². The molecule has 0 bridgehead atoms. The number of hydrogen-bond acceptors (Lipinski definition) is 3. The van der Waals surface area contributed by atoms with Gasteiger partial charge in [0.05, 0.1) is 11.6 Å². The second-order valence-electron chi connectivity index (χ2n) is 7.59. The average Bonchev–Trinajstić information content (AvgIpc) is 2.98. The average molecular weight is 320 g/mol. The molecule has 0 radical (unpaired) electrons. The highest BCUT2D eigenvalue weighted by molar-refractivity contribution is 5.92. The van der Waals surface area contributed by atoms with Gasteiger partial charge in [0, 0.05) is 6.54 Å². The van der Waals surface area contributed by atoms with E-state index in [0.29, 0.717) is 12.6 Å². The molecule has 124 valence electrons. The summed E-state index contributed by atoms with van der Waals surface area (Å²) < 4.78 is 6.02. The molecule has 2 aliphatic heterocycles. The molecule has 2 aliphatic rings. The molecule has 1 saturated heterocycles. The second-order valence-corrected chi connectivity index (χ2v) is 7.59. The summed E-state index contributed by atoms with van der Waals surface area (Å²) in [5.74, 6) is 0.886. The number of hydrogen-bond donors (Lipinski definition) is 0. The summed E-state index contributed by atoms with van der Waals surface area (Å²) >= 11 is 0. The summed E-state index contributed by atoms with van der Waals surface area (Å²) in [4.78, 5) is 7.36. The summed E-state index contributed by atoms with van der Waals surface area (Å²) in [6.45, 7) is 8.09. The van der Waals surface area contributed by atoms with Crippen LogP contribution < -0.4 is 0 Å². The molecule has 4 rings (SSSR count). The molecule has 0 aromatic heterocycles. The van der Waals surface area contributed by atoms with Crippen LogP contribution in [0.25, 0.3) is 0 Å². The molecule has 0 spiro atoms. The van der Waals surface area contributed by atoms with Crippen molar-refractivity contribution in [2.45, 2.75) is 44.4 Å². The Labute approximate surface area is 144 Å². The molecule has 0 saturated carbocycles. The largest absolute Gasteiger partial charge is 0.477 e. The van der Waals surface area contributed by atoms with E-state index in [1.54, 1.807) is 0 Å². The third kappa shape index (κ3) is 2.53. The quantitative estimate of drug-likeness (QED) is 0.788. The van der Waals surface area contributed by atoms with E-state index in [1.165, 1.54) is 11.1 Å². The highest BCUT2D eigenvalue weighted by Gasteiger charge is 2.65. The molecule has 2 aromatic rings. The van der Waals surface area contributed by atoms with Gasteiger partial charge in [-0.15, -0.1) is 0 Å². The molecular formula is C21H24N2O. The zero-order chi connectivity index (χ0) is 16.8. The Kier molecular flexibility index (Phi) is 3.50. The standard InChI is InChI=1S/C21H24N2O/c1-20(2)15-24-19(22-20)21(3)18(17-12-8-5-9-13-17)23(21)14-16-10-6-4-7-11-16/h4-13,18H,14-15H2,1-3H3/t18-,21+,23?/m0/s1. The minimum absolute atomic E-state index is 0.124. The molecule has 1 unspecified atom stereocenters. The lowest BCUT2D eigenvalue weighted by Gasteiger charge is -2.12. The van der Waals surface area contributed by atoms with E-state index in [4.69, 9.17) is 9.73 Å². The molecule has 2 aromatic carbocycles. The van der Waals surface area contributed by atoms with Crippen molar-refractivity contribution in [3.63, 3.8) is 0 Å². The molecule has 24 heavy (non-hydrogen) atoms. The highest BCUT2D eigenvalue weighted by atomic mass is 16.5. The monoisotopic (exact) mass is 320 g/mol. The summed E-state index contributed by atoms with van der Waals surface area (Å²) in [5, 5.41) is 0. The van der Waals surface area contributed by atoms with Gasteiger partial charge in [0.2, 0.25) is 5.90 Å². The van der Waals surface area contributed by atoms with E-state index in [2.05, 4.69) is 86.3 Å². The molecule has 2 heterocycles. The second kappa shape index (κ2) is 5.45. The van der Waals surface area contributed by atoms with Crippen LogP contribution in [-0.2, 0) is 11.3 Å². The molecule has 3 nitrogen and oxygen atoms in total.